The average Bonchev–Trinajstić information content (AvgIpc) is 2.25. The van der Waals surface area contributed by atoms with Crippen LogP contribution in [-0.4, -0.2) is 54.0 Å². The number of likely N-dealkylation sites (N-methyl/N-ethyl adjacent to an activating group) is 1. The van der Waals surface area contributed by atoms with Gasteiger partial charge in [0.1, 0.15) is 0 Å². The van der Waals surface area contributed by atoms with E-state index in [2.05, 4.69) is 50.0 Å². The Morgan fingerprint density at radius 3 is 2.12 bits per heavy atom. The molecule has 3 unspecified atom stereocenters. The zero-order valence-electron chi connectivity index (χ0n) is 11.6. The first-order chi connectivity index (χ1) is 7.88. The van der Waals surface area contributed by atoms with E-state index in [0.29, 0.717) is 12.1 Å². The van der Waals surface area contributed by atoms with Crippen molar-refractivity contribution in [3.63, 3.8) is 0 Å². The number of hydrogen-bond donors (Lipinski definition) is 2. The van der Waals surface area contributed by atoms with Crippen LogP contribution in [0, 0.1) is 5.92 Å². The number of nitrogens with two attached hydrogens (primary N) is 1. The molecule has 0 bridgehead atoms. The third-order valence-corrected chi connectivity index (χ3v) is 3.82. The third kappa shape index (κ3) is 3.18. The number of nitrogens with one attached hydrogen (secondary N) is 1. The van der Waals surface area contributed by atoms with Crippen molar-refractivity contribution in [1.29, 1.82) is 0 Å². The predicted octanol–water partition coefficient (Wildman–Crippen LogP) is 0.0253. The lowest BCUT2D eigenvalue weighted by molar-refractivity contribution is -0.130. The number of piperazine rings is 1. The van der Waals surface area contributed by atoms with Crippen LogP contribution in [0.15, 0.2) is 0 Å². The number of carbonyl (C=O) groups excluding carboxylic acids is 1. The highest BCUT2D eigenvalue weighted by molar-refractivity contribution is 5.81. The van der Waals surface area contributed by atoms with Crippen molar-refractivity contribution in [2.24, 2.45) is 11.8 Å². The summed E-state index contributed by atoms with van der Waals surface area (Å²) in [4.78, 5) is 16.5. The second kappa shape index (κ2) is 5.80. The molecule has 1 amide bonds. The molecule has 3 N–H and O–H groups in total. The average molecular weight is 242 g/mol. The van der Waals surface area contributed by atoms with E-state index in [0.717, 1.165) is 13.1 Å². The van der Waals surface area contributed by atoms with Gasteiger partial charge in [-0.3, -0.25) is 20.0 Å². The number of hydrogen-bond acceptors (Lipinski definition) is 4. The van der Waals surface area contributed by atoms with Crippen LogP contribution in [-0.2, 0) is 4.79 Å². The Balaban J connectivity index is 2.79. The van der Waals surface area contributed by atoms with Crippen molar-refractivity contribution in [2.45, 2.75) is 45.8 Å². The van der Waals surface area contributed by atoms with Crippen LogP contribution >= 0.6 is 0 Å². The summed E-state index contributed by atoms with van der Waals surface area (Å²) in [5.41, 5.74) is 2.29. The lowest BCUT2D eigenvalue weighted by Gasteiger charge is -2.45. The summed E-state index contributed by atoms with van der Waals surface area (Å²) in [5.74, 6) is 5.46. The summed E-state index contributed by atoms with van der Waals surface area (Å²) in [6.45, 7) is 10.3. The second-order valence-electron chi connectivity index (χ2n) is 5.51. The number of amides is 1. The SMILES string of the molecule is CC(C)C(C(=O)NN)N1CC(C)N(C)C(C)C1. The van der Waals surface area contributed by atoms with Gasteiger partial charge in [-0.1, -0.05) is 13.8 Å². The summed E-state index contributed by atoms with van der Waals surface area (Å²) < 4.78 is 0. The maximum absolute atomic E-state index is 11.9. The zero-order chi connectivity index (χ0) is 13.2. The molecule has 3 atom stereocenters. The molecule has 0 aromatic rings. The van der Waals surface area contributed by atoms with Crippen LogP contribution < -0.4 is 11.3 Å². The minimum absolute atomic E-state index is 0.0797. The van der Waals surface area contributed by atoms with E-state index < -0.39 is 0 Å². The van der Waals surface area contributed by atoms with E-state index in [-0.39, 0.29) is 17.9 Å². The first-order valence-electron chi connectivity index (χ1n) is 6.34. The summed E-state index contributed by atoms with van der Waals surface area (Å²) in [7, 11) is 2.14. The quantitative estimate of drug-likeness (QED) is 0.416. The molecule has 1 fully saturated rings. The molecule has 17 heavy (non-hydrogen) atoms. The molecule has 1 rings (SSSR count). The Kier molecular flexibility index (Phi) is 4.91. The van der Waals surface area contributed by atoms with Gasteiger partial charge in [-0.15, -0.1) is 0 Å². The standard InChI is InChI=1S/C12H26N4O/c1-8(2)11(12(17)14-13)16-6-9(3)15(5)10(4)7-16/h8-11H,6-7,13H2,1-5H3,(H,14,17). The highest BCUT2D eigenvalue weighted by atomic mass is 16.2. The molecule has 1 aliphatic heterocycles. The van der Waals surface area contributed by atoms with E-state index in [1.165, 1.54) is 0 Å². The highest BCUT2D eigenvalue weighted by Crippen LogP contribution is 2.19. The summed E-state index contributed by atoms with van der Waals surface area (Å²) in [5, 5.41) is 0. The first-order valence-corrected chi connectivity index (χ1v) is 6.34. The predicted molar refractivity (Wildman–Crippen MR) is 69.2 cm³/mol. The van der Waals surface area contributed by atoms with E-state index in [4.69, 9.17) is 5.84 Å². The first kappa shape index (κ1) is 14.4. The van der Waals surface area contributed by atoms with Gasteiger partial charge in [-0.2, -0.15) is 0 Å². The summed E-state index contributed by atoms with van der Waals surface area (Å²) in [6, 6.07) is 0.801. The van der Waals surface area contributed by atoms with Crippen molar-refractivity contribution in [1.82, 2.24) is 15.2 Å². The Morgan fingerprint density at radius 1 is 1.29 bits per heavy atom. The van der Waals surface area contributed by atoms with Crippen molar-refractivity contribution >= 4 is 5.91 Å². The minimum atomic E-state index is -0.126. The highest BCUT2D eigenvalue weighted by Gasteiger charge is 2.35. The molecular weight excluding hydrogens is 216 g/mol. The van der Waals surface area contributed by atoms with E-state index in [9.17, 15) is 4.79 Å². The van der Waals surface area contributed by atoms with Gasteiger partial charge in [0.2, 0.25) is 0 Å². The van der Waals surface area contributed by atoms with Gasteiger partial charge in [0.05, 0.1) is 6.04 Å². The number of hydrazine groups is 1. The maximum atomic E-state index is 11.9. The van der Waals surface area contributed by atoms with Crippen molar-refractivity contribution in [3.05, 3.63) is 0 Å². The molecule has 0 aromatic heterocycles. The zero-order valence-corrected chi connectivity index (χ0v) is 11.6. The molecule has 0 aromatic carbocycles. The van der Waals surface area contributed by atoms with Gasteiger partial charge in [0.25, 0.3) is 5.91 Å². The van der Waals surface area contributed by atoms with E-state index in [1.54, 1.807) is 0 Å². The Labute approximate surface area is 104 Å². The molecule has 0 aliphatic carbocycles. The topological polar surface area (TPSA) is 61.6 Å². The van der Waals surface area contributed by atoms with Gasteiger partial charge < -0.3 is 0 Å². The molecule has 100 valence electrons. The molecule has 1 heterocycles. The Morgan fingerprint density at radius 2 is 1.76 bits per heavy atom. The fourth-order valence-electron chi connectivity index (χ4n) is 2.65. The van der Waals surface area contributed by atoms with Crippen LogP contribution in [0.25, 0.3) is 0 Å². The fraction of sp³-hybridized carbons (Fsp3) is 0.917. The molecule has 5 nitrogen and oxygen atoms in total. The number of carbonyl (C=O) groups is 1. The molecule has 5 heteroatoms. The molecule has 0 spiro atoms. The van der Waals surface area contributed by atoms with Crippen LogP contribution in [0.3, 0.4) is 0 Å². The largest absolute Gasteiger partial charge is 0.298 e. The normalized spacial score (nSPS) is 29.4. The maximum Gasteiger partial charge on any atom is 0.251 e. The fourth-order valence-corrected chi connectivity index (χ4v) is 2.65. The molecule has 0 radical (unpaired) electrons. The second-order valence-corrected chi connectivity index (χ2v) is 5.51. The van der Waals surface area contributed by atoms with Crippen molar-refractivity contribution in [2.75, 3.05) is 20.1 Å². The molecule has 1 aliphatic rings. The Hall–Kier alpha value is -0.650. The lowest BCUT2D eigenvalue weighted by atomic mass is 9.98. The van der Waals surface area contributed by atoms with Gasteiger partial charge >= 0.3 is 0 Å². The summed E-state index contributed by atoms with van der Waals surface area (Å²) >= 11 is 0. The smallest absolute Gasteiger partial charge is 0.251 e. The third-order valence-electron chi connectivity index (χ3n) is 3.82. The van der Waals surface area contributed by atoms with Crippen LogP contribution in [0.2, 0.25) is 0 Å². The van der Waals surface area contributed by atoms with Crippen molar-refractivity contribution in [3.8, 4) is 0 Å². The molecular formula is C12H26N4O. The number of rotatable bonds is 3. The van der Waals surface area contributed by atoms with Crippen molar-refractivity contribution < 1.29 is 4.79 Å². The monoisotopic (exact) mass is 242 g/mol. The summed E-state index contributed by atoms with van der Waals surface area (Å²) in [6.07, 6.45) is 0. The van der Waals surface area contributed by atoms with Gasteiger partial charge in [-0.05, 0) is 26.8 Å². The van der Waals surface area contributed by atoms with Crippen LogP contribution in [0.5, 0.6) is 0 Å². The Bertz CT molecular complexity index is 257. The van der Waals surface area contributed by atoms with Gasteiger partial charge in [0.15, 0.2) is 0 Å². The molecule has 1 saturated heterocycles. The van der Waals surface area contributed by atoms with Gasteiger partial charge in [-0.25, -0.2) is 5.84 Å². The van der Waals surface area contributed by atoms with E-state index in [1.807, 2.05) is 0 Å². The lowest BCUT2D eigenvalue weighted by Crippen LogP contribution is -2.62. The van der Waals surface area contributed by atoms with Crippen LogP contribution in [0.4, 0.5) is 0 Å². The van der Waals surface area contributed by atoms with Crippen LogP contribution in [0.1, 0.15) is 27.7 Å². The van der Waals surface area contributed by atoms with Gasteiger partial charge in [0, 0.05) is 25.2 Å². The number of nitrogens with zero attached hydrogens (tertiary/aromatic N) is 2. The minimum Gasteiger partial charge on any atom is -0.298 e. The van der Waals surface area contributed by atoms with E-state index >= 15 is 0 Å². The molecule has 0 saturated carbocycles.